The van der Waals surface area contributed by atoms with Gasteiger partial charge in [0.25, 0.3) is 0 Å². The van der Waals surface area contributed by atoms with Crippen LogP contribution in [-0.4, -0.2) is 63.1 Å². The maximum atomic E-state index is 5.60. The van der Waals surface area contributed by atoms with Gasteiger partial charge in [0.2, 0.25) is 11.9 Å². The van der Waals surface area contributed by atoms with Gasteiger partial charge in [0, 0.05) is 50.2 Å². The second kappa shape index (κ2) is 10.8. The molecule has 4 rings (SSSR count). The number of guanidine groups is 1. The summed E-state index contributed by atoms with van der Waals surface area (Å²) in [4.78, 5) is 18.6. The highest BCUT2D eigenvalue weighted by atomic mass is 32.1. The highest BCUT2D eigenvalue weighted by molar-refractivity contribution is 7.80. The summed E-state index contributed by atoms with van der Waals surface area (Å²) >= 11 is 5.60. The minimum atomic E-state index is 0.438. The first-order valence-corrected chi connectivity index (χ1v) is 12.0. The third-order valence-electron chi connectivity index (χ3n) is 6.02. The van der Waals surface area contributed by atoms with E-state index in [1.54, 1.807) is 0 Å². The quantitative estimate of drug-likeness (QED) is 0.419. The zero-order valence-electron chi connectivity index (χ0n) is 19.0. The maximum Gasteiger partial charge on any atom is 0.229 e. The van der Waals surface area contributed by atoms with Crippen LogP contribution in [0.3, 0.4) is 0 Å². The van der Waals surface area contributed by atoms with E-state index in [0.717, 1.165) is 62.9 Å². The second-order valence-corrected chi connectivity index (χ2v) is 9.10. The van der Waals surface area contributed by atoms with Crippen LogP contribution in [0.15, 0.2) is 41.4 Å². The Morgan fingerprint density at radius 1 is 1.03 bits per heavy atom. The third kappa shape index (κ3) is 6.46. The van der Waals surface area contributed by atoms with E-state index in [1.807, 2.05) is 19.9 Å². The van der Waals surface area contributed by atoms with Crippen molar-refractivity contribution < 1.29 is 0 Å². The van der Waals surface area contributed by atoms with E-state index in [2.05, 4.69) is 60.7 Å². The molecule has 170 valence electrons. The monoisotopic (exact) mass is 451 g/mol. The maximum absolute atomic E-state index is 5.60. The summed E-state index contributed by atoms with van der Waals surface area (Å²) in [5.41, 5.74) is 3.20. The summed E-state index contributed by atoms with van der Waals surface area (Å²) in [6, 6.07) is 13.0. The number of anilines is 1. The Morgan fingerprint density at radius 2 is 1.69 bits per heavy atom. The van der Waals surface area contributed by atoms with Crippen LogP contribution in [-0.2, 0) is 6.54 Å². The molecule has 32 heavy (non-hydrogen) atoms. The van der Waals surface area contributed by atoms with Crippen molar-refractivity contribution in [1.29, 1.82) is 0 Å². The number of piperazine rings is 1. The molecular formula is C24H33N7S. The minimum absolute atomic E-state index is 0.438. The van der Waals surface area contributed by atoms with Crippen LogP contribution in [0.4, 0.5) is 5.95 Å². The van der Waals surface area contributed by atoms with Gasteiger partial charge in [-0.3, -0.25) is 10.2 Å². The molecule has 0 radical (unpaired) electrons. The largest absolute Gasteiger partial charge is 0.358 e. The molecule has 1 saturated heterocycles. The molecule has 1 saturated carbocycles. The third-order valence-corrected chi connectivity index (χ3v) is 6.23. The molecule has 8 heteroatoms. The van der Waals surface area contributed by atoms with Gasteiger partial charge in [-0.05, 0) is 50.5 Å². The summed E-state index contributed by atoms with van der Waals surface area (Å²) in [6.07, 6.45) is 4.84. The van der Waals surface area contributed by atoms with Gasteiger partial charge in [0.1, 0.15) is 0 Å². The van der Waals surface area contributed by atoms with Gasteiger partial charge in [0.15, 0.2) is 5.11 Å². The van der Waals surface area contributed by atoms with E-state index >= 15 is 0 Å². The lowest BCUT2D eigenvalue weighted by molar-refractivity contribution is 0.175. The average molecular weight is 452 g/mol. The van der Waals surface area contributed by atoms with Gasteiger partial charge in [-0.2, -0.15) is 4.99 Å². The molecule has 1 aromatic carbocycles. The normalized spacial score (nSPS) is 18.1. The lowest BCUT2D eigenvalue weighted by Gasteiger charge is -2.36. The highest BCUT2D eigenvalue weighted by Crippen LogP contribution is 2.18. The SMILES string of the molecule is Cc1cc(C)nc(N/C(=N/C(=S)NC2CCCC2)N2CCN(Cc3ccccc3)CC2)n1. The van der Waals surface area contributed by atoms with Crippen LogP contribution in [0, 0.1) is 13.8 Å². The van der Waals surface area contributed by atoms with E-state index in [0.29, 0.717) is 17.1 Å². The number of benzene rings is 1. The van der Waals surface area contributed by atoms with Crippen molar-refractivity contribution in [2.75, 3.05) is 31.5 Å². The molecule has 2 aromatic rings. The molecule has 0 spiro atoms. The van der Waals surface area contributed by atoms with Crippen molar-refractivity contribution in [3.05, 3.63) is 53.3 Å². The first-order chi connectivity index (χ1) is 15.5. The number of aliphatic imine (C=N–C) groups is 1. The fourth-order valence-electron chi connectivity index (χ4n) is 4.39. The molecule has 2 heterocycles. The molecule has 2 N–H and O–H groups in total. The van der Waals surface area contributed by atoms with Gasteiger partial charge in [0.05, 0.1) is 0 Å². The Hall–Kier alpha value is -2.58. The number of thiocarbonyl (C=S) groups is 1. The van der Waals surface area contributed by atoms with Crippen molar-refractivity contribution >= 4 is 29.2 Å². The summed E-state index contributed by atoms with van der Waals surface area (Å²) in [7, 11) is 0. The Bertz CT molecular complexity index is 912. The molecule has 1 aliphatic carbocycles. The summed E-state index contributed by atoms with van der Waals surface area (Å²) in [5.74, 6) is 1.29. The van der Waals surface area contributed by atoms with E-state index in [1.165, 1.54) is 18.4 Å². The van der Waals surface area contributed by atoms with Crippen LogP contribution in [0.1, 0.15) is 42.6 Å². The molecule has 0 atom stereocenters. The van der Waals surface area contributed by atoms with E-state index in [9.17, 15) is 0 Å². The molecular weight excluding hydrogens is 418 g/mol. The van der Waals surface area contributed by atoms with Crippen molar-refractivity contribution in [1.82, 2.24) is 25.1 Å². The molecule has 1 aliphatic heterocycles. The molecule has 0 unspecified atom stereocenters. The zero-order valence-corrected chi connectivity index (χ0v) is 19.9. The van der Waals surface area contributed by atoms with E-state index in [4.69, 9.17) is 17.2 Å². The first-order valence-electron chi connectivity index (χ1n) is 11.5. The van der Waals surface area contributed by atoms with Crippen LogP contribution >= 0.6 is 12.2 Å². The van der Waals surface area contributed by atoms with E-state index < -0.39 is 0 Å². The van der Waals surface area contributed by atoms with Gasteiger partial charge < -0.3 is 10.2 Å². The van der Waals surface area contributed by atoms with E-state index in [-0.39, 0.29) is 0 Å². The van der Waals surface area contributed by atoms with Crippen LogP contribution < -0.4 is 10.6 Å². The fourth-order valence-corrected chi connectivity index (χ4v) is 4.65. The molecule has 1 aromatic heterocycles. The van der Waals surface area contributed by atoms with Crippen molar-refractivity contribution in [3.8, 4) is 0 Å². The predicted molar refractivity (Wildman–Crippen MR) is 134 cm³/mol. The second-order valence-electron chi connectivity index (χ2n) is 8.71. The smallest absolute Gasteiger partial charge is 0.229 e. The lowest BCUT2D eigenvalue weighted by Crippen LogP contribution is -2.51. The summed E-state index contributed by atoms with van der Waals surface area (Å²) in [5, 5.41) is 7.32. The van der Waals surface area contributed by atoms with Gasteiger partial charge >= 0.3 is 0 Å². The average Bonchev–Trinajstić information content (AvgIpc) is 3.27. The standard InChI is InChI=1S/C24H33N7S/c1-18-16-19(2)26-22(25-18)28-23(29-24(32)27-21-10-6-7-11-21)31-14-12-30(13-15-31)17-20-8-4-3-5-9-20/h3-5,8-9,16,21H,6-7,10-15,17H2,1-2H3,(H2,25,26,27,28,29,32). The Balaban J connectivity index is 1.44. The topological polar surface area (TPSA) is 68.7 Å². The number of hydrogen-bond donors (Lipinski definition) is 2. The number of rotatable bonds is 4. The fraction of sp³-hybridized carbons (Fsp3) is 0.500. The molecule has 0 bridgehead atoms. The number of hydrogen-bond acceptors (Lipinski definition) is 4. The van der Waals surface area contributed by atoms with Gasteiger partial charge in [-0.25, -0.2) is 9.97 Å². The van der Waals surface area contributed by atoms with Crippen molar-refractivity contribution in [2.24, 2.45) is 4.99 Å². The minimum Gasteiger partial charge on any atom is -0.358 e. The Labute approximate surface area is 196 Å². The Kier molecular flexibility index (Phi) is 7.65. The molecule has 7 nitrogen and oxygen atoms in total. The summed E-state index contributed by atoms with van der Waals surface area (Å²) < 4.78 is 0. The van der Waals surface area contributed by atoms with Crippen LogP contribution in [0.5, 0.6) is 0 Å². The zero-order chi connectivity index (χ0) is 22.3. The highest BCUT2D eigenvalue weighted by Gasteiger charge is 2.22. The number of aromatic nitrogens is 2. The summed E-state index contributed by atoms with van der Waals surface area (Å²) in [6.45, 7) is 8.59. The van der Waals surface area contributed by atoms with Crippen LogP contribution in [0.2, 0.25) is 0 Å². The van der Waals surface area contributed by atoms with Gasteiger partial charge in [-0.1, -0.05) is 43.2 Å². The molecule has 2 fully saturated rings. The molecule has 0 amide bonds. The number of aryl methyl sites for hydroxylation is 2. The molecule has 2 aliphatic rings. The van der Waals surface area contributed by atoms with Crippen molar-refractivity contribution in [3.63, 3.8) is 0 Å². The Morgan fingerprint density at radius 3 is 2.34 bits per heavy atom. The first kappa shape index (κ1) is 22.6. The van der Waals surface area contributed by atoms with Gasteiger partial charge in [-0.15, -0.1) is 0 Å². The number of nitrogens with one attached hydrogen (secondary N) is 2. The predicted octanol–water partition coefficient (Wildman–Crippen LogP) is 3.50. The van der Waals surface area contributed by atoms with Crippen molar-refractivity contribution in [2.45, 2.75) is 52.1 Å². The number of nitrogens with zero attached hydrogens (tertiary/aromatic N) is 5. The lowest BCUT2D eigenvalue weighted by atomic mass is 10.2. The van der Waals surface area contributed by atoms with Crippen LogP contribution in [0.25, 0.3) is 0 Å².